The Morgan fingerprint density at radius 1 is 0.300 bits per heavy atom. The maximum absolute atomic E-state index is 2.38. The molecular weight excluding hydrogens is 845 g/mol. The van der Waals surface area contributed by atoms with E-state index in [4.69, 9.17) is 0 Å². The number of allylic oxidation sites excluding steroid dienone is 12. The van der Waals surface area contributed by atoms with E-state index in [9.17, 15) is 0 Å². The van der Waals surface area contributed by atoms with E-state index in [1.165, 1.54) is 88.0 Å². The number of fused-ring (bicyclic) bond motifs is 3. The van der Waals surface area contributed by atoms with Gasteiger partial charge >= 0.3 is 0 Å². The Morgan fingerprint density at radius 2 is 0.614 bits per heavy atom. The maximum atomic E-state index is 2.38. The minimum Gasteiger partial charge on any atom is -0.310 e. The molecule has 0 bridgehead atoms. The number of rotatable bonds is 13. The lowest BCUT2D eigenvalue weighted by Crippen LogP contribution is -2.10. The molecule has 0 spiro atoms. The van der Waals surface area contributed by atoms with E-state index in [0.717, 1.165) is 34.1 Å². The van der Waals surface area contributed by atoms with Gasteiger partial charge in [-0.3, -0.25) is 0 Å². The molecule has 0 saturated heterocycles. The van der Waals surface area contributed by atoms with Crippen molar-refractivity contribution in [2.45, 2.75) is 55.4 Å². The zero-order valence-electron chi connectivity index (χ0n) is 41.8. The van der Waals surface area contributed by atoms with Crippen molar-refractivity contribution in [1.82, 2.24) is 0 Å². The van der Waals surface area contributed by atoms with E-state index in [1.54, 1.807) is 0 Å². The summed E-state index contributed by atoms with van der Waals surface area (Å²) in [5.74, 6) is 0. The summed E-state index contributed by atoms with van der Waals surface area (Å²) in [4.78, 5) is 4.74. The molecule has 0 aliphatic carbocycles. The van der Waals surface area contributed by atoms with Crippen LogP contribution in [0, 0.1) is 0 Å². The SMILES string of the molecule is C\C=C/C(C)=C(C)/C=C(\C)c1ccc(N(c2ccc(-c3ccc4cc(N(c5ccc(/C(C)=C/C(C)=C(C)/C=C\C)cc5)c5ccc6ccccc6c5)ccc4c3)cc2)c2ccc3ccccc3c2)cc1. The average Bonchev–Trinajstić information content (AvgIpc) is 3.39. The smallest absolute Gasteiger partial charge is 0.0468 e. The van der Waals surface area contributed by atoms with Crippen molar-refractivity contribution in [3.63, 3.8) is 0 Å². The number of hydrogen-bond donors (Lipinski definition) is 0. The molecule has 0 fully saturated rings. The molecule has 0 atom stereocenters. The molecule has 344 valence electrons. The summed E-state index contributed by atoms with van der Waals surface area (Å²) in [6.45, 7) is 17.2. The Hall–Kier alpha value is -8.20. The predicted octanol–water partition coefficient (Wildman–Crippen LogP) is 20.4. The predicted molar refractivity (Wildman–Crippen MR) is 307 cm³/mol. The molecule has 0 aromatic heterocycles. The Morgan fingerprint density at radius 3 is 1.04 bits per heavy atom. The van der Waals surface area contributed by atoms with Crippen molar-refractivity contribution in [2.24, 2.45) is 0 Å². The van der Waals surface area contributed by atoms with Gasteiger partial charge in [-0.25, -0.2) is 0 Å². The summed E-state index contributed by atoms with van der Waals surface area (Å²) in [5, 5.41) is 7.27. The summed E-state index contributed by atoms with van der Waals surface area (Å²) in [7, 11) is 0. The second-order valence-corrected chi connectivity index (χ2v) is 18.5. The standard InChI is InChI=1S/C68H62N2/c1-9-15-47(3)49(5)41-51(7)53-23-32-63(33-24-53)69(66-38-29-55-17-11-13-19-58(55)44-66)64-36-27-57(28-37-64)60-21-22-62-46-68(40-31-61(62)43-60)70(67-39-30-56-18-12-14-20-59(56)45-67)65-34-25-54(26-35-65)52(8)42-50(6)48(4)16-10-2/h9-46H,1-8H3/b15-9-,16-10-,49-47+,50-48+,51-41+,52-42+. The molecule has 0 aliphatic heterocycles. The van der Waals surface area contributed by atoms with Gasteiger partial charge in [-0.1, -0.05) is 152 Å². The van der Waals surface area contributed by atoms with Crippen LogP contribution in [0.25, 0.3) is 54.6 Å². The normalized spacial score (nSPS) is 13.1. The summed E-state index contributed by atoms with van der Waals surface area (Å²) >= 11 is 0. The molecular formula is C68H62N2. The molecule has 0 saturated carbocycles. The molecule has 0 aliphatic rings. The first-order chi connectivity index (χ1) is 34.1. The van der Waals surface area contributed by atoms with Gasteiger partial charge in [0.2, 0.25) is 0 Å². The van der Waals surface area contributed by atoms with Crippen molar-refractivity contribution >= 4 is 77.6 Å². The highest BCUT2D eigenvalue weighted by atomic mass is 15.1. The van der Waals surface area contributed by atoms with Crippen LogP contribution in [0.5, 0.6) is 0 Å². The van der Waals surface area contributed by atoms with Crippen LogP contribution in [0.2, 0.25) is 0 Å². The lowest BCUT2D eigenvalue weighted by molar-refractivity contribution is 1.28. The maximum Gasteiger partial charge on any atom is 0.0468 e. The first kappa shape index (κ1) is 46.9. The lowest BCUT2D eigenvalue weighted by atomic mass is 9.99. The van der Waals surface area contributed by atoms with Gasteiger partial charge in [0, 0.05) is 34.1 Å². The highest BCUT2D eigenvalue weighted by Crippen LogP contribution is 2.41. The van der Waals surface area contributed by atoms with Crippen LogP contribution >= 0.6 is 0 Å². The molecule has 9 aromatic carbocycles. The number of benzene rings is 9. The molecule has 0 unspecified atom stereocenters. The van der Waals surface area contributed by atoms with Gasteiger partial charge in [0.1, 0.15) is 0 Å². The van der Waals surface area contributed by atoms with Crippen molar-refractivity contribution in [1.29, 1.82) is 0 Å². The Bertz CT molecular complexity index is 3540. The molecule has 9 aromatic rings. The van der Waals surface area contributed by atoms with E-state index in [-0.39, 0.29) is 0 Å². The second kappa shape index (κ2) is 21.0. The van der Waals surface area contributed by atoms with Crippen molar-refractivity contribution in [3.05, 3.63) is 264 Å². The van der Waals surface area contributed by atoms with Crippen LogP contribution < -0.4 is 9.80 Å². The quantitative estimate of drug-likeness (QED) is 0.106. The Labute approximate surface area is 415 Å². The summed E-state index contributed by atoms with van der Waals surface area (Å²) in [6, 6.07) is 71.3. The average molecular weight is 907 g/mol. The molecule has 2 heteroatoms. The highest BCUT2D eigenvalue weighted by Gasteiger charge is 2.17. The van der Waals surface area contributed by atoms with Crippen molar-refractivity contribution < 1.29 is 0 Å². The molecule has 0 N–H and O–H groups in total. The fourth-order valence-electron chi connectivity index (χ4n) is 9.43. The van der Waals surface area contributed by atoms with Gasteiger partial charge in [0.05, 0.1) is 0 Å². The first-order valence-corrected chi connectivity index (χ1v) is 24.5. The van der Waals surface area contributed by atoms with Crippen LogP contribution in [0.1, 0.15) is 66.5 Å². The van der Waals surface area contributed by atoms with Crippen LogP contribution in [0.4, 0.5) is 34.1 Å². The van der Waals surface area contributed by atoms with Gasteiger partial charge in [0.25, 0.3) is 0 Å². The van der Waals surface area contributed by atoms with Crippen LogP contribution in [-0.4, -0.2) is 0 Å². The molecule has 9 rings (SSSR count). The van der Waals surface area contributed by atoms with Gasteiger partial charge in [-0.05, 0) is 222 Å². The number of nitrogens with zero attached hydrogens (tertiary/aromatic N) is 2. The number of hydrogen-bond acceptors (Lipinski definition) is 2. The van der Waals surface area contributed by atoms with Crippen molar-refractivity contribution in [3.8, 4) is 11.1 Å². The van der Waals surface area contributed by atoms with Gasteiger partial charge in [0.15, 0.2) is 0 Å². The molecule has 2 nitrogen and oxygen atoms in total. The monoisotopic (exact) mass is 906 g/mol. The third kappa shape index (κ3) is 10.3. The van der Waals surface area contributed by atoms with Crippen LogP contribution in [-0.2, 0) is 0 Å². The largest absolute Gasteiger partial charge is 0.310 e. The molecule has 0 heterocycles. The van der Waals surface area contributed by atoms with Gasteiger partial charge in [-0.15, -0.1) is 0 Å². The lowest BCUT2D eigenvalue weighted by Gasteiger charge is -2.27. The molecule has 0 amide bonds. The molecule has 0 radical (unpaired) electrons. The van der Waals surface area contributed by atoms with Crippen molar-refractivity contribution in [2.75, 3.05) is 9.80 Å². The summed E-state index contributed by atoms with van der Waals surface area (Å²) < 4.78 is 0. The van der Waals surface area contributed by atoms with Gasteiger partial charge in [-0.2, -0.15) is 0 Å². The number of anilines is 6. The van der Waals surface area contributed by atoms with E-state index in [0.29, 0.717) is 0 Å². The van der Waals surface area contributed by atoms with E-state index < -0.39 is 0 Å². The Balaban J connectivity index is 1.03. The van der Waals surface area contributed by atoms with E-state index in [2.05, 4.69) is 296 Å². The highest BCUT2D eigenvalue weighted by molar-refractivity contribution is 5.95. The second-order valence-electron chi connectivity index (χ2n) is 18.5. The fraction of sp³-hybridized carbons (Fsp3) is 0.118. The van der Waals surface area contributed by atoms with E-state index >= 15 is 0 Å². The first-order valence-electron chi connectivity index (χ1n) is 24.5. The Kier molecular flexibility index (Phi) is 14.1. The van der Waals surface area contributed by atoms with E-state index in [1.807, 2.05) is 0 Å². The van der Waals surface area contributed by atoms with Gasteiger partial charge < -0.3 is 9.80 Å². The fourth-order valence-corrected chi connectivity index (χ4v) is 9.43. The molecule has 70 heavy (non-hydrogen) atoms. The third-order valence-electron chi connectivity index (χ3n) is 13.6. The van der Waals surface area contributed by atoms with Crippen LogP contribution in [0.15, 0.2) is 253 Å². The van der Waals surface area contributed by atoms with Crippen LogP contribution in [0.3, 0.4) is 0 Å². The third-order valence-corrected chi connectivity index (χ3v) is 13.6. The minimum atomic E-state index is 1.10. The topological polar surface area (TPSA) is 6.48 Å². The zero-order valence-corrected chi connectivity index (χ0v) is 41.8. The zero-order chi connectivity index (χ0) is 48.7. The minimum absolute atomic E-state index is 1.10. The summed E-state index contributed by atoms with van der Waals surface area (Å²) in [5.41, 5.74) is 19.0. The summed E-state index contributed by atoms with van der Waals surface area (Å²) in [6.07, 6.45) is 13.1.